The fraction of sp³-hybridized carbons (Fsp3) is 0.462. The minimum Gasteiger partial charge on any atom is -0.507 e. The summed E-state index contributed by atoms with van der Waals surface area (Å²) < 4.78 is 0. The van der Waals surface area contributed by atoms with Gasteiger partial charge in [-0.15, -0.1) is 0 Å². The molecule has 0 aromatic heterocycles. The summed E-state index contributed by atoms with van der Waals surface area (Å²) in [6.45, 7) is 10.3. The number of rotatable bonds is 2. The Hall–Kier alpha value is -1.09. The highest BCUT2D eigenvalue weighted by atomic mass is 28.3. The maximum absolute atomic E-state index is 11.1. The Balaban J connectivity index is 3.47. The summed E-state index contributed by atoms with van der Waals surface area (Å²) >= 11 is 0. The Morgan fingerprint density at radius 3 is 2.19 bits per heavy atom. The first kappa shape index (κ1) is 13.0. The summed E-state index contributed by atoms with van der Waals surface area (Å²) in [5.74, 6) is 0.182. The Morgan fingerprint density at radius 2 is 1.81 bits per heavy atom. The van der Waals surface area contributed by atoms with E-state index in [9.17, 15) is 9.90 Å². The molecule has 0 fully saturated rings. The Labute approximate surface area is 98.9 Å². The standard InChI is InChI=1S/C13H19O2Si/c1-13(2,3)10-6-7-11(16(4)5)12(15)9(10)8-14/h6-8,15H,1-5H3. The first-order valence-electron chi connectivity index (χ1n) is 5.41. The highest BCUT2D eigenvalue weighted by molar-refractivity contribution is 6.71. The van der Waals surface area contributed by atoms with Gasteiger partial charge in [-0.1, -0.05) is 46.0 Å². The SMILES string of the molecule is C[Si](C)c1ccc(C(C)(C)C)c(C=O)c1O. The molecule has 0 bridgehead atoms. The second kappa shape index (κ2) is 4.42. The minimum absolute atomic E-state index is 0.124. The molecule has 0 unspecified atom stereocenters. The number of carbonyl (C=O) groups excluding carboxylic acids is 1. The van der Waals surface area contributed by atoms with E-state index in [4.69, 9.17) is 0 Å². The quantitative estimate of drug-likeness (QED) is 0.631. The van der Waals surface area contributed by atoms with Crippen molar-refractivity contribution in [3.05, 3.63) is 23.3 Å². The Bertz CT molecular complexity index is 403. The number of aldehydes is 1. The van der Waals surface area contributed by atoms with Crippen molar-refractivity contribution in [2.24, 2.45) is 0 Å². The van der Waals surface area contributed by atoms with Gasteiger partial charge < -0.3 is 5.11 Å². The largest absolute Gasteiger partial charge is 0.507 e. The van der Waals surface area contributed by atoms with Crippen LogP contribution in [0.5, 0.6) is 5.75 Å². The van der Waals surface area contributed by atoms with Crippen molar-refractivity contribution >= 4 is 20.3 Å². The second-order valence-electron chi connectivity index (χ2n) is 5.29. The Morgan fingerprint density at radius 1 is 1.25 bits per heavy atom. The zero-order chi connectivity index (χ0) is 12.5. The van der Waals surface area contributed by atoms with E-state index in [1.165, 1.54) is 0 Å². The lowest BCUT2D eigenvalue weighted by molar-refractivity contribution is 0.111. The van der Waals surface area contributed by atoms with Crippen molar-refractivity contribution in [2.75, 3.05) is 0 Å². The van der Waals surface area contributed by atoms with Crippen LogP contribution in [0.1, 0.15) is 36.7 Å². The van der Waals surface area contributed by atoms with Crippen LogP contribution in [0.15, 0.2) is 12.1 Å². The summed E-state index contributed by atoms with van der Waals surface area (Å²) in [6.07, 6.45) is 0.768. The van der Waals surface area contributed by atoms with Gasteiger partial charge in [0.2, 0.25) is 0 Å². The molecule has 0 aliphatic heterocycles. The van der Waals surface area contributed by atoms with Crippen molar-refractivity contribution in [2.45, 2.75) is 39.3 Å². The molecular weight excluding hydrogens is 216 g/mol. The lowest BCUT2D eigenvalue weighted by Gasteiger charge is -2.23. The molecule has 0 atom stereocenters. The van der Waals surface area contributed by atoms with E-state index in [1.54, 1.807) is 0 Å². The van der Waals surface area contributed by atoms with Crippen LogP contribution in [-0.4, -0.2) is 20.2 Å². The fourth-order valence-electron chi connectivity index (χ4n) is 1.78. The normalized spacial score (nSPS) is 11.9. The van der Waals surface area contributed by atoms with E-state index in [-0.39, 0.29) is 11.2 Å². The number of hydrogen-bond donors (Lipinski definition) is 1. The summed E-state index contributed by atoms with van der Waals surface area (Å²) in [4.78, 5) is 11.1. The predicted octanol–water partition coefficient (Wildman–Crippen LogP) is 2.46. The number of benzene rings is 1. The van der Waals surface area contributed by atoms with Gasteiger partial charge in [-0.25, -0.2) is 0 Å². The van der Waals surface area contributed by atoms with E-state index in [1.807, 2.05) is 32.9 Å². The molecule has 0 aliphatic carbocycles. The smallest absolute Gasteiger partial charge is 0.154 e. The number of phenols is 1. The van der Waals surface area contributed by atoms with Gasteiger partial charge in [-0.3, -0.25) is 4.79 Å². The fourth-order valence-corrected chi connectivity index (χ4v) is 2.81. The molecule has 1 rings (SSSR count). The lowest BCUT2D eigenvalue weighted by atomic mass is 9.84. The first-order valence-corrected chi connectivity index (χ1v) is 7.91. The van der Waals surface area contributed by atoms with Crippen molar-refractivity contribution in [1.29, 1.82) is 0 Å². The Kier molecular flexibility index (Phi) is 3.58. The molecular formula is C13H19O2Si. The van der Waals surface area contributed by atoms with Gasteiger partial charge in [-0.05, 0) is 16.2 Å². The number of aromatic hydroxyl groups is 1. The molecule has 0 amide bonds. The molecule has 0 saturated carbocycles. The highest BCUT2D eigenvalue weighted by Crippen LogP contribution is 2.29. The van der Waals surface area contributed by atoms with Gasteiger partial charge in [0.15, 0.2) is 6.29 Å². The van der Waals surface area contributed by atoms with Crippen LogP contribution < -0.4 is 5.19 Å². The lowest BCUT2D eigenvalue weighted by Crippen LogP contribution is -2.26. The van der Waals surface area contributed by atoms with Crippen LogP contribution in [0.4, 0.5) is 0 Å². The number of hydrogen-bond acceptors (Lipinski definition) is 2. The molecule has 0 aliphatic rings. The molecule has 1 N–H and O–H groups in total. The number of phenolic OH excluding ortho intramolecular Hbond substituents is 1. The predicted molar refractivity (Wildman–Crippen MR) is 69.3 cm³/mol. The van der Waals surface area contributed by atoms with Crippen LogP contribution in [0, 0.1) is 0 Å². The zero-order valence-corrected chi connectivity index (χ0v) is 11.6. The third-order valence-corrected chi connectivity index (χ3v) is 4.16. The van der Waals surface area contributed by atoms with Gasteiger partial charge in [0.05, 0.1) is 14.4 Å². The molecule has 16 heavy (non-hydrogen) atoms. The summed E-state index contributed by atoms with van der Waals surface area (Å²) in [7, 11) is -0.745. The molecule has 87 valence electrons. The zero-order valence-electron chi connectivity index (χ0n) is 10.6. The first-order chi connectivity index (χ1) is 7.29. The van der Waals surface area contributed by atoms with Crippen LogP contribution in [-0.2, 0) is 5.41 Å². The third-order valence-electron chi connectivity index (χ3n) is 2.68. The maximum atomic E-state index is 11.1. The highest BCUT2D eigenvalue weighted by Gasteiger charge is 2.22. The number of carbonyl (C=O) groups is 1. The van der Waals surface area contributed by atoms with E-state index < -0.39 is 8.80 Å². The molecule has 1 radical (unpaired) electrons. The van der Waals surface area contributed by atoms with Crippen molar-refractivity contribution in [3.63, 3.8) is 0 Å². The molecule has 3 heteroatoms. The van der Waals surface area contributed by atoms with Crippen LogP contribution in [0.3, 0.4) is 0 Å². The van der Waals surface area contributed by atoms with E-state index >= 15 is 0 Å². The third kappa shape index (κ3) is 2.35. The van der Waals surface area contributed by atoms with Crippen LogP contribution >= 0.6 is 0 Å². The van der Waals surface area contributed by atoms with Crippen molar-refractivity contribution in [3.8, 4) is 5.75 Å². The average Bonchev–Trinajstić information content (AvgIpc) is 2.15. The summed E-state index contributed by atoms with van der Waals surface area (Å²) in [5, 5.41) is 11.0. The van der Waals surface area contributed by atoms with E-state index in [0.717, 1.165) is 17.0 Å². The molecule has 2 nitrogen and oxygen atoms in total. The summed E-state index contributed by atoms with van der Waals surface area (Å²) in [6, 6.07) is 3.92. The minimum atomic E-state index is -0.745. The molecule has 0 heterocycles. The van der Waals surface area contributed by atoms with Gasteiger partial charge >= 0.3 is 0 Å². The summed E-state index contributed by atoms with van der Waals surface area (Å²) in [5.41, 5.74) is 1.24. The van der Waals surface area contributed by atoms with Gasteiger partial charge in [0.1, 0.15) is 5.75 Å². The van der Waals surface area contributed by atoms with Crippen molar-refractivity contribution < 1.29 is 9.90 Å². The maximum Gasteiger partial charge on any atom is 0.154 e. The van der Waals surface area contributed by atoms with Gasteiger partial charge in [0, 0.05) is 0 Å². The molecule has 1 aromatic rings. The van der Waals surface area contributed by atoms with E-state index in [2.05, 4.69) is 13.1 Å². The molecule has 0 saturated heterocycles. The topological polar surface area (TPSA) is 37.3 Å². The monoisotopic (exact) mass is 235 g/mol. The van der Waals surface area contributed by atoms with Gasteiger partial charge in [-0.2, -0.15) is 0 Å². The van der Waals surface area contributed by atoms with Gasteiger partial charge in [0.25, 0.3) is 0 Å². The molecule has 1 aromatic carbocycles. The van der Waals surface area contributed by atoms with E-state index in [0.29, 0.717) is 5.56 Å². The van der Waals surface area contributed by atoms with Crippen LogP contribution in [0.25, 0.3) is 0 Å². The second-order valence-corrected chi connectivity index (χ2v) is 7.83. The van der Waals surface area contributed by atoms with Crippen LogP contribution in [0.2, 0.25) is 13.1 Å². The van der Waals surface area contributed by atoms with Crippen molar-refractivity contribution in [1.82, 2.24) is 0 Å². The average molecular weight is 235 g/mol. The molecule has 0 spiro atoms.